The lowest BCUT2D eigenvalue weighted by molar-refractivity contribution is -0.117. The molecule has 1 aromatic rings. The van der Waals surface area contributed by atoms with Crippen LogP contribution in [-0.4, -0.2) is 20.9 Å². The van der Waals surface area contributed by atoms with Crippen LogP contribution in [0.3, 0.4) is 0 Å². The number of primary amides is 1. The molecule has 0 unspecified atom stereocenters. The number of hydrogen-bond donors (Lipinski definition) is 1. The molecule has 0 aliphatic heterocycles. The molecule has 0 spiro atoms. The SMILES string of the molecule is CCCn1nnc(CC(N)=O)c1C(C)C. The van der Waals surface area contributed by atoms with Gasteiger partial charge in [0.25, 0.3) is 0 Å². The highest BCUT2D eigenvalue weighted by atomic mass is 16.1. The standard InChI is InChI=1S/C10H18N4O/c1-4-5-14-10(7(2)3)8(12-13-14)6-9(11)15/h7H,4-6H2,1-3H3,(H2,11,15). The van der Waals surface area contributed by atoms with E-state index in [0.717, 1.165) is 18.7 Å². The minimum absolute atomic E-state index is 0.178. The van der Waals surface area contributed by atoms with Crippen LogP contribution in [0.2, 0.25) is 0 Å². The maximum atomic E-state index is 10.9. The second-order valence-electron chi connectivity index (χ2n) is 3.94. The molecule has 2 N–H and O–H groups in total. The van der Waals surface area contributed by atoms with Gasteiger partial charge in [-0.05, 0) is 12.3 Å². The molecule has 1 heterocycles. The van der Waals surface area contributed by atoms with Crippen LogP contribution in [0.5, 0.6) is 0 Å². The Balaban J connectivity index is 3.00. The minimum Gasteiger partial charge on any atom is -0.369 e. The molecule has 0 saturated heterocycles. The number of nitrogens with two attached hydrogens (primary N) is 1. The van der Waals surface area contributed by atoms with Crippen LogP contribution in [-0.2, 0) is 17.8 Å². The van der Waals surface area contributed by atoms with Crippen LogP contribution in [0.15, 0.2) is 0 Å². The summed E-state index contributed by atoms with van der Waals surface area (Å²) in [5.41, 5.74) is 6.90. The first-order valence-corrected chi connectivity index (χ1v) is 5.26. The molecule has 0 aliphatic rings. The molecule has 0 aliphatic carbocycles. The average Bonchev–Trinajstić information content (AvgIpc) is 2.47. The highest BCUT2D eigenvalue weighted by molar-refractivity contribution is 5.76. The van der Waals surface area contributed by atoms with Gasteiger partial charge in [0.05, 0.1) is 17.8 Å². The number of rotatable bonds is 5. The zero-order chi connectivity index (χ0) is 11.4. The second-order valence-corrected chi connectivity index (χ2v) is 3.94. The third-order valence-corrected chi connectivity index (χ3v) is 2.17. The fraction of sp³-hybridized carbons (Fsp3) is 0.700. The van der Waals surface area contributed by atoms with E-state index >= 15 is 0 Å². The molecular weight excluding hydrogens is 192 g/mol. The van der Waals surface area contributed by atoms with Crippen LogP contribution in [0, 0.1) is 0 Å². The number of amides is 1. The molecular formula is C10H18N4O. The van der Waals surface area contributed by atoms with E-state index in [9.17, 15) is 4.79 Å². The Morgan fingerprint density at radius 1 is 1.53 bits per heavy atom. The monoisotopic (exact) mass is 210 g/mol. The van der Waals surface area contributed by atoms with Gasteiger partial charge in [0.1, 0.15) is 0 Å². The van der Waals surface area contributed by atoms with E-state index in [1.165, 1.54) is 0 Å². The first-order valence-electron chi connectivity index (χ1n) is 5.26. The largest absolute Gasteiger partial charge is 0.369 e. The Hall–Kier alpha value is -1.39. The van der Waals surface area contributed by atoms with E-state index in [0.29, 0.717) is 11.6 Å². The number of aryl methyl sites for hydroxylation is 1. The summed E-state index contributed by atoms with van der Waals surface area (Å²) < 4.78 is 1.86. The van der Waals surface area contributed by atoms with Crippen molar-refractivity contribution >= 4 is 5.91 Å². The molecule has 0 bridgehead atoms. The van der Waals surface area contributed by atoms with E-state index in [1.54, 1.807) is 0 Å². The van der Waals surface area contributed by atoms with Gasteiger partial charge in [0.15, 0.2) is 0 Å². The van der Waals surface area contributed by atoms with Crippen molar-refractivity contribution in [3.63, 3.8) is 0 Å². The topological polar surface area (TPSA) is 73.8 Å². The van der Waals surface area contributed by atoms with Crippen molar-refractivity contribution in [1.29, 1.82) is 0 Å². The summed E-state index contributed by atoms with van der Waals surface area (Å²) in [7, 11) is 0. The number of aromatic nitrogens is 3. The van der Waals surface area contributed by atoms with E-state index in [1.807, 2.05) is 4.68 Å². The van der Waals surface area contributed by atoms with Gasteiger partial charge >= 0.3 is 0 Å². The maximum Gasteiger partial charge on any atom is 0.223 e. The van der Waals surface area contributed by atoms with Crippen LogP contribution in [0.4, 0.5) is 0 Å². The molecule has 15 heavy (non-hydrogen) atoms. The summed E-state index contributed by atoms with van der Waals surface area (Å²) in [4.78, 5) is 10.9. The smallest absolute Gasteiger partial charge is 0.223 e. The normalized spacial score (nSPS) is 10.9. The number of hydrogen-bond acceptors (Lipinski definition) is 3. The number of nitrogens with zero attached hydrogens (tertiary/aromatic N) is 3. The Labute approximate surface area is 89.6 Å². The molecule has 5 heteroatoms. The fourth-order valence-corrected chi connectivity index (χ4v) is 1.66. The molecule has 1 aromatic heterocycles. The van der Waals surface area contributed by atoms with Gasteiger partial charge < -0.3 is 5.73 Å². The molecule has 5 nitrogen and oxygen atoms in total. The van der Waals surface area contributed by atoms with Gasteiger partial charge in [-0.15, -0.1) is 5.10 Å². The lowest BCUT2D eigenvalue weighted by atomic mass is 10.1. The Morgan fingerprint density at radius 3 is 2.67 bits per heavy atom. The van der Waals surface area contributed by atoms with E-state index in [-0.39, 0.29) is 12.3 Å². The molecule has 1 rings (SSSR count). The highest BCUT2D eigenvalue weighted by Crippen LogP contribution is 2.18. The quantitative estimate of drug-likeness (QED) is 0.782. The zero-order valence-corrected chi connectivity index (χ0v) is 9.53. The van der Waals surface area contributed by atoms with Crippen LogP contribution >= 0.6 is 0 Å². The highest BCUT2D eigenvalue weighted by Gasteiger charge is 2.16. The third-order valence-electron chi connectivity index (χ3n) is 2.17. The molecule has 84 valence electrons. The lowest BCUT2D eigenvalue weighted by Gasteiger charge is -2.09. The molecule has 0 saturated carbocycles. The van der Waals surface area contributed by atoms with Crippen molar-refractivity contribution in [1.82, 2.24) is 15.0 Å². The van der Waals surface area contributed by atoms with Crippen molar-refractivity contribution in [2.24, 2.45) is 5.73 Å². The van der Waals surface area contributed by atoms with E-state index in [4.69, 9.17) is 5.73 Å². The molecule has 0 aromatic carbocycles. The van der Waals surface area contributed by atoms with E-state index in [2.05, 4.69) is 31.1 Å². The number of carbonyl (C=O) groups excluding carboxylic acids is 1. The van der Waals surface area contributed by atoms with Crippen LogP contribution in [0.1, 0.15) is 44.5 Å². The van der Waals surface area contributed by atoms with Crippen molar-refractivity contribution in [3.05, 3.63) is 11.4 Å². The Kier molecular flexibility index (Phi) is 3.82. The van der Waals surface area contributed by atoms with Gasteiger partial charge in [-0.2, -0.15) is 0 Å². The van der Waals surface area contributed by atoms with Gasteiger partial charge in [0.2, 0.25) is 5.91 Å². The fourth-order valence-electron chi connectivity index (χ4n) is 1.66. The predicted octanol–water partition coefficient (Wildman–Crippen LogP) is 0.839. The lowest BCUT2D eigenvalue weighted by Crippen LogP contribution is -2.16. The Morgan fingerprint density at radius 2 is 2.20 bits per heavy atom. The van der Waals surface area contributed by atoms with Crippen LogP contribution in [0.25, 0.3) is 0 Å². The third kappa shape index (κ3) is 2.78. The van der Waals surface area contributed by atoms with Gasteiger partial charge in [0, 0.05) is 6.54 Å². The Bertz CT molecular complexity index is 343. The van der Waals surface area contributed by atoms with Crippen molar-refractivity contribution in [2.75, 3.05) is 0 Å². The molecule has 0 fully saturated rings. The van der Waals surface area contributed by atoms with Gasteiger partial charge in [-0.25, -0.2) is 4.68 Å². The molecule has 1 amide bonds. The average molecular weight is 210 g/mol. The van der Waals surface area contributed by atoms with E-state index < -0.39 is 0 Å². The number of carbonyl (C=O) groups is 1. The summed E-state index contributed by atoms with van der Waals surface area (Å²) >= 11 is 0. The van der Waals surface area contributed by atoms with Gasteiger partial charge in [-0.1, -0.05) is 26.0 Å². The van der Waals surface area contributed by atoms with Crippen molar-refractivity contribution < 1.29 is 4.79 Å². The summed E-state index contributed by atoms with van der Waals surface area (Å²) in [5.74, 6) is -0.0543. The summed E-state index contributed by atoms with van der Waals surface area (Å²) in [6.45, 7) is 7.05. The molecule has 0 radical (unpaired) electrons. The zero-order valence-electron chi connectivity index (χ0n) is 9.53. The molecule has 0 atom stereocenters. The maximum absolute atomic E-state index is 10.9. The van der Waals surface area contributed by atoms with Crippen molar-refractivity contribution in [3.8, 4) is 0 Å². The summed E-state index contributed by atoms with van der Waals surface area (Å²) in [6, 6.07) is 0. The first-order chi connectivity index (χ1) is 7.06. The summed E-state index contributed by atoms with van der Waals surface area (Å²) in [6.07, 6.45) is 1.18. The summed E-state index contributed by atoms with van der Waals surface area (Å²) in [5, 5.41) is 8.05. The second kappa shape index (κ2) is 4.91. The van der Waals surface area contributed by atoms with Crippen LogP contribution < -0.4 is 5.73 Å². The predicted molar refractivity (Wildman–Crippen MR) is 57.3 cm³/mol. The van der Waals surface area contributed by atoms with Crippen molar-refractivity contribution in [2.45, 2.75) is 46.1 Å². The minimum atomic E-state index is -0.361. The first kappa shape index (κ1) is 11.7. The van der Waals surface area contributed by atoms with Gasteiger partial charge in [-0.3, -0.25) is 4.79 Å².